The first kappa shape index (κ1) is 11.7. The van der Waals surface area contributed by atoms with Gasteiger partial charge in [-0.1, -0.05) is 6.08 Å². The molecule has 3 nitrogen and oxygen atoms in total. The zero-order chi connectivity index (χ0) is 10.6. The van der Waals surface area contributed by atoms with Crippen LogP contribution in [0.5, 0.6) is 0 Å². The van der Waals surface area contributed by atoms with Crippen LogP contribution in [0.2, 0.25) is 0 Å². The second-order valence-electron chi connectivity index (χ2n) is 4.47. The predicted octanol–water partition coefficient (Wildman–Crippen LogP) is 0.396. The van der Waals surface area contributed by atoms with Gasteiger partial charge in [0.05, 0.1) is 0 Å². The average Bonchev–Trinajstić information content (AvgIpc) is 2.09. The van der Waals surface area contributed by atoms with E-state index in [9.17, 15) is 0 Å². The molecule has 2 unspecified atom stereocenters. The maximum absolute atomic E-state index is 3.82. The Hall–Kier alpha value is -0.380. The molecule has 1 fully saturated rings. The first-order valence-electron chi connectivity index (χ1n) is 5.36. The molecular formula is C11H23N3. The summed E-state index contributed by atoms with van der Waals surface area (Å²) in [5.74, 6) is 0. The van der Waals surface area contributed by atoms with Crippen molar-refractivity contribution < 1.29 is 0 Å². The molecule has 3 heteroatoms. The summed E-state index contributed by atoms with van der Waals surface area (Å²) in [4.78, 5) is 4.76. The lowest BCUT2D eigenvalue weighted by Crippen LogP contribution is -2.58. The van der Waals surface area contributed by atoms with Gasteiger partial charge in [-0.15, -0.1) is 6.58 Å². The van der Waals surface area contributed by atoms with E-state index in [1.54, 1.807) is 0 Å². The van der Waals surface area contributed by atoms with Crippen molar-refractivity contribution in [3.63, 3.8) is 0 Å². The van der Waals surface area contributed by atoms with E-state index in [0.717, 1.165) is 26.2 Å². The molecule has 1 N–H and O–H groups in total. The Labute approximate surface area is 87.8 Å². The quantitative estimate of drug-likeness (QED) is 0.658. The monoisotopic (exact) mass is 197 g/mol. The third-order valence-electron chi connectivity index (χ3n) is 2.67. The number of hydrogen-bond donors (Lipinski definition) is 1. The molecule has 1 aliphatic rings. The smallest absolute Gasteiger partial charge is 0.0351 e. The van der Waals surface area contributed by atoms with Crippen molar-refractivity contribution in [3.05, 3.63) is 12.7 Å². The molecule has 1 rings (SSSR count). The molecule has 0 saturated carbocycles. The van der Waals surface area contributed by atoms with Crippen molar-refractivity contribution in [2.24, 2.45) is 0 Å². The van der Waals surface area contributed by atoms with E-state index in [1.807, 2.05) is 6.08 Å². The van der Waals surface area contributed by atoms with Gasteiger partial charge >= 0.3 is 0 Å². The highest BCUT2D eigenvalue weighted by Gasteiger charge is 2.24. The fraction of sp³-hybridized carbons (Fsp3) is 0.818. The highest BCUT2D eigenvalue weighted by Crippen LogP contribution is 2.07. The van der Waals surface area contributed by atoms with Crippen molar-refractivity contribution in [1.82, 2.24) is 15.1 Å². The fourth-order valence-electron chi connectivity index (χ4n) is 2.02. The van der Waals surface area contributed by atoms with Crippen LogP contribution in [0.4, 0.5) is 0 Å². The molecule has 0 radical (unpaired) electrons. The number of piperazine rings is 1. The van der Waals surface area contributed by atoms with Crippen molar-refractivity contribution in [2.45, 2.75) is 19.0 Å². The molecule has 1 aliphatic heterocycles. The Morgan fingerprint density at radius 3 is 2.86 bits per heavy atom. The van der Waals surface area contributed by atoms with Gasteiger partial charge in [0.25, 0.3) is 0 Å². The highest BCUT2D eigenvalue weighted by atomic mass is 15.3. The molecule has 1 heterocycles. The highest BCUT2D eigenvalue weighted by molar-refractivity contribution is 4.88. The minimum Gasteiger partial charge on any atom is -0.311 e. The molecule has 0 bridgehead atoms. The van der Waals surface area contributed by atoms with Gasteiger partial charge in [0.15, 0.2) is 0 Å². The zero-order valence-electron chi connectivity index (χ0n) is 9.66. The maximum atomic E-state index is 3.82. The SMILES string of the molecule is C=CCN1CC(C)NCC1CN(C)C. The molecule has 0 spiro atoms. The van der Waals surface area contributed by atoms with Gasteiger partial charge in [-0.25, -0.2) is 0 Å². The lowest BCUT2D eigenvalue weighted by molar-refractivity contribution is 0.125. The maximum Gasteiger partial charge on any atom is 0.0351 e. The van der Waals surface area contributed by atoms with Crippen molar-refractivity contribution in [3.8, 4) is 0 Å². The predicted molar refractivity (Wildman–Crippen MR) is 61.6 cm³/mol. The molecule has 0 aromatic carbocycles. The van der Waals surface area contributed by atoms with E-state index in [-0.39, 0.29) is 0 Å². The molecule has 14 heavy (non-hydrogen) atoms. The fourth-order valence-corrected chi connectivity index (χ4v) is 2.02. The first-order chi connectivity index (χ1) is 6.63. The Kier molecular flexibility index (Phi) is 4.58. The topological polar surface area (TPSA) is 18.5 Å². The van der Waals surface area contributed by atoms with E-state index in [2.05, 4.69) is 42.7 Å². The molecule has 0 aromatic rings. The van der Waals surface area contributed by atoms with Gasteiger partial charge < -0.3 is 10.2 Å². The van der Waals surface area contributed by atoms with Crippen LogP contribution >= 0.6 is 0 Å². The molecule has 2 atom stereocenters. The van der Waals surface area contributed by atoms with E-state index >= 15 is 0 Å². The van der Waals surface area contributed by atoms with Gasteiger partial charge in [-0.2, -0.15) is 0 Å². The standard InChI is InChI=1S/C11H23N3/c1-5-6-14-8-10(2)12-7-11(14)9-13(3)4/h5,10-12H,1,6-9H2,2-4H3. The number of hydrogen-bond acceptors (Lipinski definition) is 3. The van der Waals surface area contributed by atoms with E-state index in [1.165, 1.54) is 0 Å². The van der Waals surface area contributed by atoms with Crippen LogP contribution < -0.4 is 5.32 Å². The lowest BCUT2D eigenvalue weighted by atomic mass is 10.1. The summed E-state index contributed by atoms with van der Waals surface area (Å²) < 4.78 is 0. The Balaban J connectivity index is 2.48. The van der Waals surface area contributed by atoms with Crippen LogP contribution in [0.3, 0.4) is 0 Å². The molecule has 82 valence electrons. The Bertz CT molecular complexity index is 179. The first-order valence-corrected chi connectivity index (χ1v) is 5.36. The summed E-state index contributed by atoms with van der Waals surface area (Å²) in [6, 6.07) is 1.23. The molecule has 0 aliphatic carbocycles. The number of rotatable bonds is 4. The molecule has 0 amide bonds. The molecule has 0 aromatic heterocycles. The molecular weight excluding hydrogens is 174 g/mol. The lowest BCUT2D eigenvalue weighted by Gasteiger charge is -2.40. The van der Waals surface area contributed by atoms with Crippen LogP contribution in [0.25, 0.3) is 0 Å². The third-order valence-corrected chi connectivity index (χ3v) is 2.67. The van der Waals surface area contributed by atoms with Gasteiger partial charge in [0.2, 0.25) is 0 Å². The van der Waals surface area contributed by atoms with E-state index < -0.39 is 0 Å². The molecule has 1 saturated heterocycles. The van der Waals surface area contributed by atoms with Crippen LogP contribution in [0, 0.1) is 0 Å². The van der Waals surface area contributed by atoms with Crippen molar-refractivity contribution in [1.29, 1.82) is 0 Å². The van der Waals surface area contributed by atoms with Crippen molar-refractivity contribution >= 4 is 0 Å². The Morgan fingerprint density at radius 2 is 2.29 bits per heavy atom. The number of nitrogens with one attached hydrogen (secondary N) is 1. The number of nitrogens with zero attached hydrogens (tertiary/aromatic N) is 2. The number of likely N-dealkylation sites (N-methyl/N-ethyl adjacent to an activating group) is 1. The second-order valence-corrected chi connectivity index (χ2v) is 4.47. The summed E-state index contributed by atoms with van der Waals surface area (Å²) in [5.41, 5.74) is 0. The van der Waals surface area contributed by atoms with Crippen LogP contribution in [-0.4, -0.2) is 62.2 Å². The normalized spacial score (nSPS) is 29.4. The van der Waals surface area contributed by atoms with Crippen LogP contribution in [0.1, 0.15) is 6.92 Å². The summed E-state index contributed by atoms with van der Waals surface area (Å²) in [7, 11) is 4.26. The van der Waals surface area contributed by atoms with E-state index in [0.29, 0.717) is 12.1 Å². The average molecular weight is 197 g/mol. The van der Waals surface area contributed by atoms with Crippen molar-refractivity contribution in [2.75, 3.05) is 40.3 Å². The second kappa shape index (κ2) is 5.49. The summed E-state index contributed by atoms with van der Waals surface area (Å²) in [6.07, 6.45) is 2.00. The summed E-state index contributed by atoms with van der Waals surface area (Å²) in [6.45, 7) is 10.4. The van der Waals surface area contributed by atoms with Crippen LogP contribution in [-0.2, 0) is 0 Å². The summed E-state index contributed by atoms with van der Waals surface area (Å²) >= 11 is 0. The minimum absolute atomic E-state index is 0.605. The van der Waals surface area contributed by atoms with E-state index in [4.69, 9.17) is 0 Å². The van der Waals surface area contributed by atoms with Gasteiger partial charge in [-0.05, 0) is 21.0 Å². The van der Waals surface area contributed by atoms with Gasteiger partial charge in [0, 0.05) is 38.3 Å². The van der Waals surface area contributed by atoms with Gasteiger partial charge in [0.1, 0.15) is 0 Å². The van der Waals surface area contributed by atoms with Gasteiger partial charge in [-0.3, -0.25) is 4.90 Å². The van der Waals surface area contributed by atoms with Crippen LogP contribution in [0.15, 0.2) is 12.7 Å². The minimum atomic E-state index is 0.605. The summed E-state index contributed by atoms with van der Waals surface area (Å²) in [5, 5.41) is 3.52. The Morgan fingerprint density at radius 1 is 1.57 bits per heavy atom. The largest absolute Gasteiger partial charge is 0.311 e. The zero-order valence-corrected chi connectivity index (χ0v) is 9.66. The third kappa shape index (κ3) is 3.40.